The average Bonchev–Trinajstić information content (AvgIpc) is 2.75. The Bertz CT molecular complexity index is 778. The molecule has 0 radical (unpaired) electrons. The molecule has 0 spiro atoms. The fraction of sp³-hybridized carbons (Fsp3) is 0.118. The molecule has 1 aromatic heterocycles. The lowest BCUT2D eigenvalue weighted by molar-refractivity contribution is 0.0697. The minimum Gasteiger partial charge on any atom is -0.478 e. The number of aromatic carboxylic acids is 1. The molecule has 0 bridgehead atoms. The maximum atomic E-state index is 11.0. The van der Waals surface area contributed by atoms with Crippen LogP contribution in [0.4, 0.5) is 0 Å². The smallest absolute Gasteiger partial charge is 0.335 e. The van der Waals surface area contributed by atoms with E-state index in [2.05, 4.69) is 16.7 Å². The minimum atomic E-state index is -0.889. The normalized spacial score (nSPS) is 10.3. The van der Waals surface area contributed by atoms with Crippen LogP contribution in [0, 0.1) is 6.92 Å². The van der Waals surface area contributed by atoms with Crippen molar-refractivity contribution in [2.24, 2.45) is 0 Å². The van der Waals surface area contributed by atoms with Gasteiger partial charge in [0.15, 0.2) is 0 Å². The van der Waals surface area contributed by atoms with Gasteiger partial charge in [0, 0.05) is 23.1 Å². The lowest BCUT2D eigenvalue weighted by Crippen LogP contribution is -2.01. The fourth-order valence-corrected chi connectivity index (χ4v) is 2.52. The second-order valence-corrected chi connectivity index (χ2v) is 4.94. The highest BCUT2D eigenvalue weighted by atomic mass is 35.5. The Morgan fingerprint density at radius 2 is 1.81 bits per heavy atom. The van der Waals surface area contributed by atoms with E-state index in [1.165, 1.54) is 5.56 Å². The number of nitrogens with zero attached hydrogens (tertiary/aromatic N) is 1. The van der Waals surface area contributed by atoms with Gasteiger partial charge >= 0.3 is 5.97 Å². The number of rotatable bonds is 3. The van der Waals surface area contributed by atoms with Gasteiger partial charge in [-0.25, -0.2) is 4.79 Å². The molecule has 3 aromatic rings. The number of fused-ring (bicyclic) bond motifs is 1. The third-order valence-corrected chi connectivity index (χ3v) is 3.54. The Morgan fingerprint density at radius 1 is 1.10 bits per heavy atom. The van der Waals surface area contributed by atoms with Gasteiger partial charge in [-0.1, -0.05) is 30.3 Å². The molecule has 0 aliphatic carbocycles. The van der Waals surface area contributed by atoms with Gasteiger partial charge in [0.2, 0.25) is 0 Å². The Kier molecular flexibility index (Phi) is 4.34. The average molecular weight is 302 g/mol. The van der Waals surface area contributed by atoms with Crippen LogP contribution in [0.15, 0.2) is 54.6 Å². The van der Waals surface area contributed by atoms with Gasteiger partial charge < -0.3 is 9.67 Å². The summed E-state index contributed by atoms with van der Waals surface area (Å²) in [7, 11) is 0. The summed E-state index contributed by atoms with van der Waals surface area (Å²) >= 11 is 0. The van der Waals surface area contributed by atoms with E-state index in [4.69, 9.17) is 5.11 Å². The van der Waals surface area contributed by atoms with Gasteiger partial charge in [-0.3, -0.25) is 0 Å². The second kappa shape index (κ2) is 6.02. The van der Waals surface area contributed by atoms with Crippen molar-refractivity contribution < 1.29 is 9.90 Å². The number of hydrogen-bond acceptors (Lipinski definition) is 1. The molecule has 0 saturated heterocycles. The lowest BCUT2D eigenvalue weighted by Gasteiger charge is -2.08. The van der Waals surface area contributed by atoms with Gasteiger partial charge in [-0.15, -0.1) is 12.4 Å². The number of carboxylic acid groups (broad SMARTS) is 1. The van der Waals surface area contributed by atoms with Crippen LogP contribution in [0.5, 0.6) is 0 Å². The van der Waals surface area contributed by atoms with E-state index in [9.17, 15) is 4.79 Å². The van der Waals surface area contributed by atoms with Crippen LogP contribution in [-0.4, -0.2) is 15.6 Å². The first-order chi connectivity index (χ1) is 9.65. The number of hydrogen-bond donors (Lipinski definition) is 1. The monoisotopic (exact) mass is 301 g/mol. The minimum absolute atomic E-state index is 0. The first kappa shape index (κ1) is 15.1. The van der Waals surface area contributed by atoms with Crippen molar-refractivity contribution in [2.45, 2.75) is 13.5 Å². The summed E-state index contributed by atoms with van der Waals surface area (Å²) < 4.78 is 2.20. The molecule has 3 rings (SSSR count). The van der Waals surface area contributed by atoms with E-state index in [0.717, 1.165) is 23.1 Å². The zero-order valence-corrected chi connectivity index (χ0v) is 12.4. The standard InChI is InChI=1S/C17H15NO2.ClH/c1-12-9-15-10-14(17(19)20)7-8-16(15)18(12)11-13-5-3-2-4-6-13;/h2-10H,11H2,1H3,(H,19,20);1H. The van der Waals surface area contributed by atoms with Gasteiger partial charge in [0.25, 0.3) is 0 Å². The van der Waals surface area contributed by atoms with Crippen LogP contribution in [0.2, 0.25) is 0 Å². The maximum Gasteiger partial charge on any atom is 0.335 e. The number of carboxylic acids is 1. The van der Waals surface area contributed by atoms with Crippen molar-refractivity contribution in [3.8, 4) is 0 Å². The molecule has 1 N–H and O–H groups in total. The molecule has 21 heavy (non-hydrogen) atoms. The van der Waals surface area contributed by atoms with Gasteiger partial charge in [-0.2, -0.15) is 0 Å². The molecule has 0 saturated carbocycles. The predicted molar refractivity (Wildman–Crippen MR) is 86.4 cm³/mol. The summed E-state index contributed by atoms with van der Waals surface area (Å²) in [5.41, 5.74) is 3.76. The van der Waals surface area contributed by atoms with Gasteiger partial charge in [-0.05, 0) is 36.8 Å². The molecule has 4 heteroatoms. The van der Waals surface area contributed by atoms with Crippen molar-refractivity contribution in [3.05, 3.63) is 71.4 Å². The van der Waals surface area contributed by atoms with Crippen molar-refractivity contribution in [2.75, 3.05) is 0 Å². The first-order valence-corrected chi connectivity index (χ1v) is 6.52. The molecular weight excluding hydrogens is 286 g/mol. The molecule has 0 aliphatic rings. The van der Waals surface area contributed by atoms with E-state index < -0.39 is 5.97 Å². The SMILES string of the molecule is Cc1cc2cc(C(=O)O)ccc2n1Cc1ccccc1.Cl. The number of aryl methyl sites for hydroxylation is 1. The number of benzene rings is 2. The van der Waals surface area contributed by atoms with Crippen molar-refractivity contribution in [3.63, 3.8) is 0 Å². The summed E-state index contributed by atoms with van der Waals surface area (Å²) in [6.07, 6.45) is 0. The van der Waals surface area contributed by atoms with Crippen LogP contribution >= 0.6 is 12.4 Å². The van der Waals surface area contributed by atoms with Gasteiger partial charge in [0.1, 0.15) is 0 Å². The van der Waals surface area contributed by atoms with Crippen LogP contribution in [-0.2, 0) is 6.54 Å². The summed E-state index contributed by atoms with van der Waals surface area (Å²) in [4.78, 5) is 11.0. The first-order valence-electron chi connectivity index (χ1n) is 6.52. The second-order valence-electron chi connectivity index (χ2n) is 4.94. The summed E-state index contributed by atoms with van der Waals surface area (Å²) in [5.74, 6) is -0.889. The predicted octanol–water partition coefficient (Wildman–Crippen LogP) is 4.12. The van der Waals surface area contributed by atoms with Crippen molar-refractivity contribution in [1.29, 1.82) is 0 Å². The summed E-state index contributed by atoms with van der Waals surface area (Å²) in [6, 6.07) is 17.5. The van der Waals surface area contributed by atoms with E-state index in [1.54, 1.807) is 12.1 Å². The summed E-state index contributed by atoms with van der Waals surface area (Å²) in [6.45, 7) is 2.84. The quantitative estimate of drug-likeness (QED) is 0.791. The third kappa shape index (κ3) is 2.93. The van der Waals surface area contributed by atoms with E-state index in [1.807, 2.05) is 37.3 Å². The van der Waals surface area contributed by atoms with Crippen molar-refractivity contribution >= 4 is 29.3 Å². The molecule has 108 valence electrons. The van der Waals surface area contributed by atoms with Crippen molar-refractivity contribution in [1.82, 2.24) is 4.57 Å². The highest BCUT2D eigenvalue weighted by Gasteiger charge is 2.09. The fourth-order valence-electron chi connectivity index (χ4n) is 2.52. The zero-order valence-electron chi connectivity index (χ0n) is 11.6. The summed E-state index contributed by atoms with van der Waals surface area (Å²) in [5, 5.41) is 10.0. The van der Waals surface area contributed by atoms with Gasteiger partial charge in [0.05, 0.1) is 5.56 Å². The topological polar surface area (TPSA) is 42.2 Å². The molecule has 1 heterocycles. The molecule has 0 atom stereocenters. The molecule has 0 fully saturated rings. The number of carbonyl (C=O) groups is 1. The molecule has 2 aromatic carbocycles. The lowest BCUT2D eigenvalue weighted by atomic mass is 10.1. The maximum absolute atomic E-state index is 11.0. The number of halogens is 1. The highest BCUT2D eigenvalue weighted by molar-refractivity contribution is 5.94. The molecule has 0 amide bonds. The Morgan fingerprint density at radius 3 is 2.48 bits per heavy atom. The Balaban J connectivity index is 0.00000161. The van der Waals surface area contributed by atoms with E-state index in [-0.39, 0.29) is 12.4 Å². The van der Waals surface area contributed by atoms with Crippen LogP contribution in [0.3, 0.4) is 0 Å². The van der Waals surface area contributed by atoms with E-state index in [0.29, 0.717) is 5.56 Å². The van der Waals surface area contributed by atoms with Crippen LogP contribution < -0.4 is 0 Å². The molecule has 0 aliphatic heterocycles. The largest absolute Gasteiger partial charge is 0.478 e. The highest BCUT2D eigenvalue weighted by Crippen LogP contribution is 2.22. The Labute approximate surface area is 129 Å². The molecule has 0 unspecified atom stereocenters. The van der Waals surface area contributed by atoms with E-state index >= 15 is 0 Å². The number of aromatic nitrogens is 1. The third-order valence-electron chi connectivity index (χ3n) is 3.54. The zero-order chi connectivity index (χ0) is 14.1. The molecule has 3 nitrogen and oxygen atoms in total. The van der Waals surface area contributed by atoms with Crippen LogP contribution in [0.25, 0.3) is 10.9 Å². The Hall–Kier alpha value is -2.26. The molecular formula is C17H16ClNO2. The van der Waals surface area contributed by atoms with Crippen LogP contribution in [0.1, 0.15) is 21.6 Å².